The molecule has 0 amide bonds. The van der Waals surface area contributed by atoms with Gasteiger partial charge in [0.25, 0.3) is 0 Å². The molecule has 0 radical (unpaired) electrons. The monoisotopic (exact) mass is 434 g/mol. The lowest BCUT2D eigenvalue weighted by Gasteiger charge is -2.40. The Balaban J connectivity index is 1.40. The van der Waals surface area contributed by atoms with E-state index in [1.54, 1.807) is 0 Å². The molecule has 0 bridgehead atoms. The zero-order chi connectivity index (χ0) is 20.5. The first-order valence-corrected chi connectivity index (χ1v) is 11.0. The third-order valence-corrected chi connectivity index (χ3v) is 7.11. The third-order valence-electron chi connectivity index (χ3n) is 6.37. The van der Waals surface area contributed by atoms with Gasteiger partial charge in [-0.3, -0.25) is 4.90 Å². The maximum atomic E-state index is 10.6. The maximum absolute atomic E-state index is 10.6. The van der Waals surface area contributed by atoms with Crippen molar-refractivity contribution in [2.24, 2.45) is 11.7 Å². The highest BCUT2D eigenvalue weighted by Crippen LogP contribution is 2.40. The highest BCUT2D eigenvalue weighted by Gasteiger charge is 2.35. The van der Waals surface area contributed by atoms with Gasteiger partial charge in [-0.25, -0.2) is 0 Å². The molecule has 156 valence electrons. The molecule has 2 aromatic rings. The molecule has 1 saturated heterocycles. The van der Waals surface area contributed by atoms with Crippen LogP contribution in [0.15, 0.2) is 30.3 Å². The van der Waals surface area contributed by atoms with Gasteiger partial charge in [-0.05, 0) is 67.6 Å². The first-order valence-electron chi connectivity index (χ1n) is 10.3. The number of nitrogens with two attached hydrogens (primary N) is 1. The number of rotatable bonds is 4. The highest BCUT2D eigenvalue weighted by molar-refractivity contribution is 6.42. The van der Waals surface area contributed by atoms with Crippen molar-refractivity contribution in [1.29, 1.82) is 0 Å². The maximum Gasteiger partial charge on any atom is 0.122 e. The van der Waals surface area contributed by atoms with Crippen molar-refractivity contribution < 1.29 is 9.84 Å². The number of hydrogen-bond donors (Lipinski definition) is 2. The first kappa shape index (κ1) is 21.0. The smallest absolute Gasteiger partial charge is 0.122 e. The summed E-state index contributed by atoms with van der Waals surface area (Å²) in [5.74, 6) is 0.883. The minimum absolute atomic E-state index is 0.107. The van der Waals surface area contributed by atoms with E-state index in [9.17, 15) is 5.11 Å². The fourth-order valence-electron chi connectivity index (χ4n) is 4.66. The molecular weight excluding hydrogens is 407 g/mol. The van der Waals surface area contributed by atoms with E-state index < -0.39 is 0 Å². The number of phenols is 1. The molecule has 2 aromatic carbocycles. The van der Waals surface area contributed by atoms with Crippen LogP contribution in [-0.2, 0) is 17.7 Å². The number of hydrogen-bond acceptors (Lipinski definition) is 4. The van der Waals surface area contributed by atoms with Crippen LogP contribution in [0.1, 0.15) is 41.2 Å². The zero-order valence-corrected chi connectivity index (χ0v) is 18.2. The molecule has 0 aromatic heterocycles. The molecule has 2 heterocycles. The second-order valence-electron chi connectivity index (χ2n) is 8.26. The van der Waals surface area contributed by atoms with E-state index in [0.717, 1.165) is 55.6 Å². The lowest BCUT2D eigenvalue weighted by molar-refractivity contribution is -0.0651. The average Bonchev–Trinajstić information content (AvgIpc) is 2.73. The molecule has 2 atom stereocenters. The third kappa shape index (κ3) is 4.42. The summed E-state index contributed by atoms with van der Waals surface area (Å²) in [6.45, 7) is 5.29. The largest absolute Gasteiger partial charge is 0.507 e. The van der Waals surface area contributed by atoms with Crippen LogP contribution < -0.4 is 5.73 Å². The molecule has 0 unspecified atom stereocenters. The van der Waals surface area contributed by atoms with E-state index in [1.807, 2.05) is 31.2 Å². The fraction of sp³-hybridized carbons (Fsp3) is 0.478. The molecule has 2 aliphatic heterocycles. The SMILES string of the molecule is Cc1ccc2c(c1O)C[C@@H](C1CCN(Cc3ccc(Cl)c(Cl)c3)CC1)O[C@H]2CN. The summed E-state index contributed by atoms with van der Waals surface area (Å²) in [5.41, 5.74) is 10.2. The van der Waals surface area contributed by atoms with Gasteiger partial charge in [0.05, 0.1) is 22.3 Å². The lowest BCUT2D eigenvalue weighted by Crippen LogP contribution is -2.41. The van der Waals surface area contributed by atoms with E-state index >= 15 is 0 Å². The van der Waals surface area contributed by atoms with E-state index in [4.69, 9.17) is 33.7 Å². The molecule has 29 heavy (non-hydrogen) atoms. The topological polar surface area (TPSA) is 58.7 Å². The van der Waals surface area contributed by atoms with Crippen LogP contribution in [-0.4, -0.2) is 35.7 Å². The predicted octanol–water partition coefficient (Wildman–Crippen LogP) is 4.86. The zero-order valence-electron chi connectivity index (χ0n) is 16.7. The quantitative estimate of drug-likeness (QED) is 0.720. The second kappa shape index (κ2) is 8.83. The molecule has 3 N–H and O–H groups in total. The Kier molecular flexibility index (Phi) is 6.38. The summed E-state index contributed by atoms with van der Waals surface area (Å²) in [5, 5.41) is 11.8. The summed E-state index contributed by atoms with van der Waals surface area (Å²) < 4.78 is 6.39. The minimum Gasteiger partial charge on any atom is -0.507 e. The van der Waals surface area contributed by atoms with Gasteiger partial charge in [-0.15, -0.1) is 0 Å². The first-order chi connectivity index (χ1) is 14.0. The molecule has 6 heteroatoms. The number of aryl methyl sites for hydroxylation is 1. The summed E-state index contributed by atoms with van der Waals surface area (Å²) in [6, 6.07) is 9.85. The number of aromatic hydroxyl groups is 1. The molecule has 2 aliphatic rings. The van der Waals surface area contributed by atoms with Crippen LogP contribution in [0, 0.1) is 12.8 Å². The number of ether oxygens (including phenoxy) is 1. The fourth-order valence-corrected chi connectivity index (χ4v) is 4.98. The number of benzene rings is 2. The van der Waals surface area contributed by atoms with Crippen molar-refractivity contribution >= 4 is 23.2 Å². The number of halogens is 2. The minimum atomic E-state index is -0.135. The molecule has 4 rings (SSSR count). The van der Waals surface area contributed by atoms with Crippen LogP contribution in [0.2, 0.25) is 10.0 Å². The van der Waals surface area contributed by atoms with Gasteiger partial charge in [-0.2, -0.15) is 0 Å². The van der Waals surface area contributed by atoms with Crippen molar-refractivity contribution in [3.05, 3.63) is 62.6 Å². The Morgan fingerprint density at radius 3 is 2.59 bits per heavy atom. The van der Waals surface area contributed by atoms with Crippen LogP contribution in [0.4, 0.5) is 0 Å². The van der Waals surface area contributed by atoms with Gasteiger partial charge in [0.15, 0.2) is 0 Å². The van der Waals surface area contributed by atoms with E-state index in [2.05, 4.69) is 11.0 Å². The van der Waals surface area contributed by atoms with Crippen molar-refractivity contribution in [2.45, 2.75) is 44.9 Å². The number of phenolic OH excluding ortho intramolecular Hbond substituents is 1. The van der Waals surface area contributed by atoms with E-state index in [-0.39, 0.29) is 12.2 Å². The van der Waals surface area contributed by atoms with Crippen LogP contribution in [0.25, 0.3) is 0 Å². The Labute approximate surface area is 182 Å². The molecular formula is C23H28Cl2N2O2. The normalized spacial score (nSPS) is 23.2. The average molecular weight is 435 g/mol. The Morgan fingerprint density at radius 2 is 1.90 bits per heavy atom. The number of likely N-dealkylation sites (tertiary alicyclic amines) is 1. The molecule has 1 fully saturated rings. The summed E-state index contributed by atoms with van der Waals surface area (Å²) in [6.07, 6.45) is 2.88. The van der Waals surface area contributed by atoms with Gasteiger partial charge < -0.3 is 15.6 Å². The van der Waals surface area contributed by atoms with Crippen LogP contribution in [0.5, 0.6) is 5.75 Å². The van der Waals surface area contributed by atoms with Crippen molar-refractivity contribution in [2.75, 3.05) is 19.6 Å². The van der Waals surface area contributed by atoms with Crippen LogP contribution >= 0.6 is 23.2 Å². The lowest BCUT2D eigenvalue weighted by atomic mass is 9.83. The van der Waals surface area contributed by atoms with Crippen molar-refractivity contribution in [3.8, 4) is 5.75 Å². The molecule has 0 spiro atoms. The summed E-state index contributed by atoms with van der Waals surface area (Å²) in [7, 11) is 0. The van der Waals surface area contributed by atoms with Gasteiger partial charge in [-0.1, -0.05) is 41.4 Å². The number of nitrogens with zero attached hydrogens (tertiary/aromatic N) is 1. The Morgan fingerprint density at radius 1 is 1.14 bits per heavy atom. The van der Waals surface area contributed by atoms with Crippen molar-refractivity contribution in [3.63, 3.8) is 0 Å². The number of piperidine rings is 1. The standard InChI is InChI=1S/C23H28Cl2N2O2/c1-14-2-4-17-18(23(14)28)11-21(29-22(17)12-26)16-6-8-27(9-7-16)13-15-3-5-19(24)20(25)10-15/h2-5,10,16,21-22,28H,6-9,11-13,26H2,1H3/t21-,22-/m0/s1. The summed E-state index contributed by atoms with van der Waals surface area (Å²) in [4.78, 5) is 2.45. The second-order valence-corrected chi connectivity index (χ2v) is 9.08. The van der Waals surface area contributed by atoms with Gasteiger partial charge >= 0.3 is 0 Å². The summed E-state index contributed by atoms with van der Waals surface area (Å²) >= 11 is 12.2. The van der Waals surface area contributed by atoms with E-state index in [1.165, 1.54) is 5.56 Å². The Hall–Kier alpha value is -1.30. The predicted molar refractivity (Wildman–Crippen MR) is 118 cm³/mol. The molecule has 0 saturated carbocycles. The van der Waals surface area contributed by atoms with Gasteiger partial charge in [0.2, 0.25) is 0 Å². The van der Waals surface area contributed by atoms with E-state index in [0.29, 0.717) is 28.3 Å². The highest BCUT2D eigenvalue weighted by atomic mass is 35.5. The Bertz CT molecular complexity index is 881. The number of fused-ring (bicyclic) bond motifs is 1. The van der Waals surface area contributed by atoms with Gasteiger partial charge in [0, 0.05) is 25.1 Å². The van der Waals surface area contributed by atoms with Crippen LogP contribution in [0.3, 0.4) is 0 Å². The molecule has 4 nitrogen and oxygen atoms in total. The van der Waals surface area contributed by atoms with Gasteiger partial charge in [0.1, 0.15) is 5.75 Å². The molecule has 0 aliphatic carbocycles. The van der Waals surface area contributed by atoms with Crippen molar-refractivity contribution in [1.82, 2.24) is 4.90 Å².